The van der Waals surface area contributed by atoms with Gasteiger partial charge >= 0.3 is 6.09 Å². The summed E-state index contributed by atoms with van der Waals surface area (Å²) < 4.78 is 27.9. The molecule has 1 saturated heterocycles. The van der Waals surface area contributed by atoms with Crippen molar-refractivity contribution in [2.24, 2.45) is 7.05 Å². The molecule has 1 aliphatic heterocycles. The van der Waals surface area contributed by atoms with Crippen molar-refractivity contribution in [3.05, 3.63) is 82.4 Å². The first kappa shape index (κ1) is 30.9. The highest BCUT2D eigenvalue weighted by Crippen LogP contribution is 2.46. The quantitative estimate of drug-likeness (QED) is 0.322. The van der Waals surface area contributed by atoms with Crippen molar-refractivity contribution in [2.75, 3.05) is 39.3 Å². The van der Waals surface area contributed by atoms with E-state index in [1.54, 1.807) is 18.2 Å². The smallest absolute Gasteiger partial charge is 0.412 e. The fourth-order valence-electron chi connectivity index (χ4n) is 6.16. The SMILES string of the molecule is COc1cc(/C=C2/C(C)=C(CC(=O)NCc3cccn3C)c3cc(F)ccc32)cc(OC)c1N(C(=O)O)C1CCN(C)CC1. The molecule has 0 atom stereocenters. The third-order valence-corrected chi connectivity index (χ3v) is 8.62. The molecule has 0 spiro atoms. The standard InChI is InChI=1S/C34H39FN4O5/c1-21-27(26-9-8-23(35)18-29(26)28(21)19-32(40)36-20-25-7-6-12-38(25)3)15-22-16-30(43-4)33(31(17-22)44-5)39(34(41)42)24-10-13-37(2)14-11-24/h6-9,12,15-18,24H,10-11,13-14,19-20H2,1-5H3,(H,36,40)(H,41,42)/b27-15-. The molecule has 232 valence electrons. The molecule has 1 aromatic heterocycles. The second-order valence-electron chi connectivity index (χ2n) is 11.4. The van der Waals surface area contributed by atoms with E-state index >= 15 is 0 Å². The molecule has 0 radical (unpaired) electrons. The number of likely N-dealkylation sites (tertiary alicyclic amines) is 1. The Bertz CT molecular complexity index is 1610. The highest BCUT2D eigenvalue weighted by molar-refractivity contribution is 6.08. The molecule has 2 aliphatic rings. The number of carbonyl (C=O) groups is 2. The monoisotopic (exact) mass is 602 g/mol. The number of benzene rings is 2. The molecular formula is C34H39FN4O5. The number of hydrogen-bond donors (Lipinski definition) is 2. The summed E-state index contributed by atoms with van der Waals surface area (Å²) in [5.41, 5.74) is 6.02. The number of ether oxygens (including phenoxy) is 2. The van der Waals surface area contributed by atoms with Crippen LogP contribution in [0.3, 0.4) is 0 Å². The Hall–Kier alpha value is -4.57. The summed E-state index contributed by atoms with van der Waals surface area (Å²) in [6, 6.07) is 11.8. The summed E-state index contributed by atoms with van der Waals surface area (Å²) in [7, 11) is 6.97. The Kier molecular flexibility index (Phi) is 9.10. The highest BCUT2D eigenvalue weighted by atomic mass is 19.1. The molecule has 2 heterocycles. The molecule has 2 aromatic carbocycles. The summed E-state index contributed by atoms with van der Waals surface area (Å²) >= 11 is 0. The van der Waals surface area contributed by atoms with E-state index < -0.39 is 6.09 Å². The second kappa shape index (κ2) is 13.0. The molecule has 5 rings (SSSR count). The van der Waals surface area contributed by atoms with Crippen molar-refractivity contribution >= 4 is 34.9 Å². The summed E-state index contributed by atoms with van der Waals surface area (Å²) in [6.07, 6.45) is 4.28. The number of allylic oxidation sites excluding steroid dienone is 2. The zero-order valence-corrected chi connectivity index (χ0v) is 25.8. The summed E-state index contributed by atoms with van der Waals surface area (Å²) in [5, 5.41) is 13.2. The third kappa shape index (κ3) is 6.21. The van der Waals surface area contributed by atoms with E-state index in [-0.39, 0.29) is 24.2 Å². The Morgan fingerprint density at radius 3 is 2.34 bits per heavy atom. The van der Waals surface area contributed by atoms with Gasteiger partial charge in [0, 0.05) is 25.0 Å². The normalized spacial score (nSPS) is 16.3. The van der Waals surface area contributed by atoms with Crippen molar-refractivity contribution < 1.29 is 28.6 Å². The van der Waals surface area contributed by atoms with Crippen LogP contribution in [0.15, 0.2) is 54.2 Å². The van der Waals surface area contributed by atoms with Gasteiger partial charge in [-0.2, -0.15) is 0 Å². The predicted molar refractivity (Wildman–Crippen MR) is 169 cm³/mol. The number of piperidine rings is 1. The number of nitrogens with one attached hydrogen (secondary N) is 1. The van der Waals surface area contributed by atoms with E-state index in [4.69, 9.17) is 9.47 Å². The van der Waals surface area contributed by atoms with E-state index in [2.05, 4.69) is 10.2 Å². The van der Waals surface area contributed by atoms with E-state index in [1.807, 2.05) is 50.0 Å². The summed E-state index contributed by atoms with van der Waals surface area (Å²) in [5.74, 6) is 0.204. The second-order valence-corrected chi connectivity index (χ2v) is 11.4. The fraction of sp³-hybridized carbons (Fsp3) is 0.353. The summed E-state index contributed by atoms with van der Waals surface area (Å²) in [6.45, 7) is 3.91. The number of fused-ring (bicyclic) bond motifs is 1. The first-order valence-corrected chi connectivity index (χ1v) is 14.7. The minimum absolute atomic E-state index is 0.0970. The Balaban J connectivity index is 1.51. The lowest BCUT2D eigenvalue weighted by atomic mass is 9.99. The maximum absolute atomic E-state index is 14.5. The average molecular weight is 603 g/mol. The van der Waals surface area contributed by atoms with Crippen LogP contribution >= 0.6 is 0 Å². The van der Waals surface area contributed by atoms with Crippen LogP contribution in [0, 0.1) is 5.82 Å². The number of rotatable bonds is 9. The van der Waals surface area contributed by atoms with Gasteiger partial charge in [0.2, 0.25) is 5.91 Å². The molecule has 0 bridgehead atoms. The van der Waals surface area contributed by atoms with Crippen LogP contribution in [0.4, 0.5) is 14.9 Å². The van der Waals surface area contributed by atoms with Crippen molar-refractivity contribution in [3.63, 3.8) is 0 Å². The van der Waals surface area contributed by atoms with Gasteiger partial charge in [0.25, 0.3) is 0 Å². The number of methoxy groups -OCH3 is 2. The Morgan fingerprint density at radius 1 is 1.07 bits per heavy atom. The molecule has 3 aromatic rings. The van der Waals surface area contributed by atoms with Crippen LogP contribution in [-0.2, 0) is 18.4 Å². The molecule has 0 unspecified atom stereocenters. The van der Waals surface area contributed by atoms with Crippen molar-refractivity contribution in [3.8, 4) is 11.5 Å². The minimum atomic E-state index is -1.07. The van der Waals surface area contributed by atoms with Crippen LogP contribution in [-0.4, -0.2) is 67.0 Å². The number of halogens is 1. The zero-order chi connectivity index (χ0) is 31.5. The zero-order valence-electron chi connectivity index (χ0n) is 25.8. The molecule has 1 fully saturated rings. The van der Waals surface area contributed by atoms with Crippen LogP contribution in [0.1, 0.15) is 48.6 Å². The lowest BCUT2D eigenvalue weighted by Gasteiger charge is -2.36. The van der Waals surface area contributed by atoms with Crippen LogP contribution in [0.5, 0.6) is 11.5 Å². The van der Waals surface area contributed by atoms with Gasteiger partial charge in [-0.05, 0) is 116 Å². The Morgan fingerprint density at radius 2 is 1.75 bits per heavy atom. The van der Waals surface area contributed by atoms with Crippen LogP contribution in [0.25, 0.3) is 17.2 Å². The molecule has 9 nitrogen and oxygen atoms in total. The van der Waals surface area contributed by atoms with Crippen LogP contribution in [0.2, 0.25) is 0 Å². The van der Waals surface area contributed by atoms with Gasteiger partial charge in [-0.25, -0.2) is 9.18 Å². The molecular weight excluding hydrogens is 563 g/mol. The van der Waals surface area contributed by atoms with Crippen molar-refractivity contribution in [1.82, 2.24) is 14.8 Å². The van der Waals surface area contributed by atoms with E-state index in [9.17, 15) is 19.1 Å². The lowest BCUT2D eigenvalue weighted by molar-refractivity contribution is -0.120. The lowest BCUT2D eigenvalue weighted by Crippen LogP contribution is -2.46. The van der Waals surface area contributed by atoms with Crippen LogP contribution < -0.4 is 19.7 Å². The van der Waals surface area contributed by atoms with Gasteiger partial charge in [-0.15, -0.1) is 0 Å². The average Bonchev–Trinajstić information content (AvgIpc) is 3.52. The van der Waals surface area contributed by atoms with Gasteiger partial charge in [0.15, 0.2) is 0 Å². The first-order valence-electron chi connectivity index (χ1n) is 14.7. The highest BCUT2D eigenvalue weighted by Gasteiger charge is 2.33. The third-order valence-electron chi connectivity index (χ3n) is 8.62. The molecule has 44 heavy (non-hydrogen) atoms. The first-order chi connectivity index (χ1) is 21.1. The number of anilines is 1. The largest absolute Gasteiger partial charge is 0.494 e. The Labute approximate surface area is 257 Å². The predicted octanol–water partition coefficient (Wildman–Crippen LogP) is 5.79. The molecule has 2 N–H and O–H groups in total. The number of amides is 2. The summed E-state index contributed by atoms with van der Waals surface area (Å²) in [4.78, 5) is 29.1. The van der Waals surface area contributed by atoms with E-state index in [0.29, 0.717) is 42.1 Å². The molecule has 2 amide bonds. The van der Waals surface area contributed by atoms with Crippen molar-refractivity contribution in [1.29, 1.82) is 0 Å². The number of nitrogens with zero attached hydrogens (tertiary/aromatic N) is 3. The molecule has 0 saturated carbocycles. The number of carboxylic acid groups (broad SMARTS) is 1. The minimum Gasteiger partial charge on any atom is -0.494 e. The fourth-order valence-corrected chi connectivity index (χ4v) is 6.16. The number of hydrogen-bond acceptors (Lipinski definition) is 5. The number of aryl methyl sites for hydroxylation is 1. The van der Waals surface area contributed by atoms with Gasteiger partial charge in [-0.3, -0.25) is 9.69 Å². The van der Waals surface area contributed by atoms with E-state index in [1.165, 1.54) is 31.3 Å². The molecule has 1 aliphatic carbocycles. The van der Waals surface area contributed by atoms with Gasteiger partial charge in [-0.1, -0.05) is 6.07 Å². The van der Waals surface area contributed by atoms with Gasteiger partial charge in [0.05, 0.1) is 27.2 Å². The topological polar surface area (TPSA) is 96.3 Å². The van der Waals surface area contributed by atoms with Crippen molar-refractivity contribution in [2.45, 2.75) is 38.8 Å². The van der Waals surface area contributed by atoms with Gasteiger partial charge < -0.3 is 29.4 Å². The number of carbonyl (C=O) groups excluding carboxylic acids is 1. The van der Waals surface area contributed by atoms with Gasteiger partial charge in [0.1, 0.15) is 23.0 Å². The maximum Gasteiger partial charge on any atom is 0.412 e. The van der Waals surface area contributed by atoms with E-state index in [0.717, 1.165) is 46.6 Å². The molecule has 10 heteroatoms. The number of aromatic nitrogens is 1. The maximum atomic E-state index is 14.5.